The summed E-state index contributed by atoms with van der Waals surface area (Å²) in [5.41, 5.74) is 3.48. The molecule has 1 fully saturated rings. The number of fused-ring (bicyclic) bond motifs is 1. The molecule has 5 nitrogen and oxygen atoms in total. The summed E-state index contributed by atoms with van der Waals surface area (Å²) in [4.78, 5) is 11.3. The molecule has 1 saturated heterocycles. The number of aromatic nitrogens is 2. The van der Waals surface area contributed by atoms with Crippen molar-refractivity contribution in [2.75, 3.05) is 31.5 Å². The molecule has 154 valence electrons. The number of halogens is 2. The van der Waals surface area contributed by atoms with Crippen LogP contribution >= 0.6 is 34.5 Å². The fraction of sp³-hybridized carbons (Fsp3) is 0.429. The summed E-state index contributed by atoms with van der Waals surface area (Å²) < 4.78 is 1.14. The van der Waals surface area contributed by atoms with E-state index < -0.39 is 0 Å². The first-order valence-electron chi connectivity index (χ1n) is 9.92. The first-order valence-corrected chi connectivity index (χ1v) is 11.6. The lowest BCUT2D eigenvalue weighted by atomic mass is 10.0. The molecule has 29 heavy (non-hydrogen) atoms. The van der Waals surface area contributed by atoms with Gasteiger partial charge in [-0.3, -0.25) is 4.90 Å². The highest BCUT2D eigenvalue weighted by Gasteiger charge is 2.19. The Morgan fingerprint density at radius 3 is 2.76 bits per heavy atom. The van der Waals surface area contributed by atoms with Gasteiger partial charge in [0.05, 0.1) is 20.3 Å². The maximum atomic E-state index is 6.13. The molecular formula is C21H25Cl2N5S. The summed E-state index contributed by atoms with van der Waals surface area (Å²) in [6.07, 6.45) is 3.95. The molecule has 0 amide bonds. The molecule has 0 atom stereocenters. The van der Waals surface area contributed by atoms with Gasteiger partial charge in [-0.2, -0.15) is 0 Å². The van der Waals surface area contributed by atoms with E-state index in [1.807, 2.05) is 12.1 Å². The lowest BCUT2D eigenvalue weighted by Crippen LogP contribution is -2.43. The molecular weight excluding hydrogens is 425 g/mol. The molecule has 8 heteroatoms. The molecule has 0 radical (unpaired) electrons. The van der Waals surface area contributed by atoms with Gasteiger partial charge < -0.3 is 10.6 Å². The molecule has 0 aliphatic carbocycles. The Balaban J connectivity index is 1.19. The standard InChI is InChI=1S/C21H25Cl2N5S/c1-14-12-29-20-19(14)26-13-27-21(20)25-7-6-24-16-4-8-28(9-5-16)11-15-2-3-17(22)18(23)10-15/h2-3,10,12-13,16,24H,4-9,11H2,1H3,(H,25,26,27). The lowest BCUT2D eigenvalue weighted by molar-refractivity contribution is 0.191. The van der Waals surface area contributed by atoms with E-state index in [-0.39, 0.29) is 0 Å². The van der Waals surface area contributed by atoms with Crippen LogP contribution in [0.1, 0.15) is 24.0 Å². The molecule has 1 aliphatic rings. The smallest absolute Gasteiger partial charge is 0.147 e. The summed E-state index contributed by atoms with van der Waals surface area (Å²) in [7, 11) is 0. The lowest BCUT2D eigenvalue weighted by Gasteiger charge is -2.32. The predicted molar refractivity (Wildman–Crippen MR) is 123 cm³/mol. The summed E-state index contributed by atoms with van der Waals surface area (Å²) >= 11 is 13.8. The van der Waals surface area contributed by atoms with Crippen molar-refractivity contribution in [2.24, 2.45) is 0 Å². The Hall–Kier alpha value is -1.44. The van der Waals surface area contributed by atoms with Crippen LogP contribution < -0.4 is 10.6 Å². The van der Waals surface area contributed by atoms with Crippen LogP contribution in [0.4, 0.5) is 5.82 Å². The number of piperidine rings is 1. The second-order valence-electron chi connectivity index (χ2n) is 7.50. The zero-order valence-corrected chi connectivity index (χ0v) is 18.7. The van der Waals surface area contributed by atoms with Crippen molar-refractivity contribution in [1.82, 2.24) is 20.2 Å². The molecule has 2 aromatic heterocycles. The fourth-order valence-electron chi connectivity index (χ4n) is 3.74. The van der Waals surface area contributed by atoms with E-state index in [9.17, 15) is 0 Å². The summed E-state index contributed by atoms with van der Waals surface area (Å²) in [5.74, 6) is 0.936. The Kier molecular flexibility index (Phi) is 6.88. The number of hydrogen-bond donors (Lipinski definition) is 2. The Bertz CT molecular complexity index is 969. The fourth-order valence-corrected chi connectivity index (χ4v) is 5.03. The third kappa shape index (κ3) is 5.19. The van der Waals surface area contributed by atoms with E-state index in [1.165, 1.54) is 11.1 Å². The van der Waals surface area contributed by atoms with E-state index in [4.69, 9.17) is 23.2 Å². The molecule has 0 bridgehead atoms. The molecule has 0 unspecified atom stereocenters. The van der Waals surface area contributed by atoms with Gasteiger partial charge in [0, 0.05) is 25.7 Å². The van der Waals surface area contributed by atoms with Crippen molar-refractivity contribution < 1.29 is 0 Å². The molecule has 3 heterocycles. The maximum Gasteiger partial charge on any atom is 0.147 e. The molecule has 0 saturated carbocycles. The van der Waals surface area contributed by atoms with Crippen molar-refractivity contribution in [3.8, 4) is 0 Å². The number of thiophene rings is 1. The van der Waals surface area contributed by atoms with E-state index >= 15 is 0 Å². The predicted octanol–water partition coefficient (Wildman–Crippen LogP) is 4.97. The quantitative estimate of drug-likeness (QED) is 0.498. The van der Waals surface area contributed by atoms with Gasteiger partial charge in [-0.1, -0.05) is 29.3 Å². The minimum Gasteiger partial charge on any atom is -0.368 e. The highest BCUT2D eigenvalue weighted by molar-refractivity contribution is 7.18. The van der Waals surface area contributed by atoms with Gasteiger partial charge >= 0.3 is 0 Å². The molecule has 4 rings (SSSR count). The van der Waals surface area contributed by atoms with Crippen LogP contribution in [0.2, 0.25) is 10.0 Å². The van der Waals surface area contributed by atoms with Crippen molar-refractivity contribution >= 4 is 50.6 Å². The Labute approximate surface area is 185 Å². The average molecular weight is 450 g/mol. The summed E-state index contributed by atoms with van der Waals surface area (Å²) in [5, 5.41) is 10.5. The second-order valence-corrected chi connectivity index (χ2v) is 9.19. The highest BCUT2D eigenvalue weighted by Crippen LogP contribution is 2.28. The SMILES string of the molecule is Cc1csc2c(NCCNC3CCN(Cc4ccc(Cl)c(Cl)c4)CC3)ncnc12. The molecule has 1 aliphatic heterocycles. The third-order valence-corrected chi connectivity index (χ3v) is 7.19. The van der Waals surface area contributed by atoms with Crippen molar-refractivity contribution in [2.45, 2.75) is 32.4 Å². The number of anilines is 1. The van der Waals surface area contributed by atoms with Crippen LogP contribution in [-0.2, 0) is 6.54 Å². The molecule has 1 aromatic carbocycles. The summed E-state index contributed by atoms with van der Waals surface area (Å²) in [6, 6.07) is 6.47. The number of likely N-dealkylation sites (tertiary alicyclic amines) is 1. The maximum absolute atomic E-state index is 6.13. The topological polar surface area (TPSA) is 53.1 Å². The van der Waals surface area contributed by atoms with Crippen LogP contribution in [0.25, 0.3) is 10.2 Å². The normalized spacial score (nSPS) is 15.8. The first-order chi connectivity index (χ1) is 14.1. The van der Waals surface area contributed by atoms with Crippen LogP contribution in [0.5, 0.6) is 0 Å². The number of nitrogens with one attached hydrogen (secondary N) is 2. The highest BCUT2D eigenvalue weighted by atomic mass is 35.5. The Morgan fingerprint density at radius 2 is 1.97 bits per heavy atom. The van der Waals surface area contributed by atoms with E-state index in [0.717, 1.165) is 61.6 Å². The Morgan fingerprint density at radius 1 is 1.14 bits per heavy atom. The van der Waals surface area contributed by atoms with Gasteiger partial charge in [0.25, 0.3) is 0 Å². The van der Waals surface area contributed by atoms with E-state index in [0.29, 0.717) is 16.1 Å². The zero-order chi connectivity index (χ0) is 20.2. The van der Waals surface area contributed by atoms with Gasteiger partial charge in [0.2, 0.25) is 0 Å². The van der Waals surface area contributed by atoms with Gasteiger partial charge in [-0.15, -0.1) is 11.3 Å². The minimum absolute atomic E-state index is 0.566. The van der Waals surface area contributed by atoms with Gasteiger partial charge in [0.15, 0.2) is 0 Å². The van der Waals surface area contributed by atoms with Crippen LogP contribution in [0.15, 0.2) is 29.9 Å². The van der Waals surface area contributed by atoms with Crippen LogP contribution in [-0.4, -0.2) is 47.1 Å². The monoisotopic (exact) mass is 449 g/mol. The number of nitrogens with zero attached hydrogens (tertiary/aromatic N) is 3. The molecule has 3 aromatic rings. The van der Waals surface area contributed by atoms with E-state index in [1.54, 1.807) is 17.7 Å². The van der Waals surface area contributed by atoms with Gasteiger partial charge in [-0.25, -0.2) is 9.97 Å². The van der Waals surface area contributed by atoms with E-state index in [2.05, 4.69) is 43.9 Å². The molecule has 0 spiro atoms. The van der Waals surface area contributed by atoms with Gasteiger partial charge in [-0.05, 0) is 61.5 Å². The number of hydrogen-bond acceptors (Lipinski definition) is 6. The average Bonchev–Trinajstić information content (AvgIpc) is 3.11. The van der Waals surface area contributed by atoms with Crippen molar-refractivity contribution in [1.29, 1.82) is 0 Å². The zero-order valence-electron chi connectivity index (χ0n) is 16.4. The number of rotatable bonds is 7. The number of benzene rings is 1. The summed E-state index contributed by atoms with van der Waals surface area (Å²) in [6.45, 7) is 6.97. The third-order valence-electron chi connectivity index (χ3n) is 5.36. The van der Waals surface area contributed by atoms with Gasteiger partial charge in [0.1, 0.15) is 12.1 Å². The minimum atomic E-state index is 0.566. The van der Waals surface area contributed by atoms with Crippen molar-refractivity contribution in [3.63, 3.8) is 0 Å². The van der Waals surface area contributed by atoms with Crippen molar-refractivity contribution in [3.05, 3.63) is 51.1 Å². The van der Waals surface area contributed by atoms with Crippen LogP contribution in [0.3, 0.4) is 0 Å². The van der Waals surface area contributed by atoms with Crippen LogP contribution in [0, 0.1) is 6.92 Å². The largest absolute Gasteiger partial charge is 0.368 e. The number of aryl methyl sites for hydroxylation is 1. The second kappa shape index (κ2) is 9.58. The first kappa shape index (κ1) is 20.8. The molecule has 2 N–H and O–H groups in total.